The second-order valence-corrected chi connectivity index (χ2v) is 4.94. The number of hydrogen-bond acceptors (Lipinski definition) is 3. The molecule has 6 heteroatoms. The summed E-state index contributed by atoms with van der Waals surface area (Å²) in [5.41, 5.74) is 0. The summed E-state index contributed by atoms with van der Waals surface area (Å²) in [6, 6.07) is -0.804. The highest BCUT2D eigenvalue weighted by molar-refractivity contribution is 5.83. The Balaban J connectivity index is 2.07. The summed E-state index contributed by atoms with van der Waals surface area (Å²) in [6.07, 6.45) is 3.13. The van der Waals surface area contributed by atoms with E-state index in [4.69, 9.17) is 9.84 Å². The number of piperidine rings is 1. The lowest BCUT2D eigenvalue weighted by molar-refractivity contribution is -0.147. The summed E-state index contributed by atoms with van der Waals surface area (Å²) in [5.74, 6) is -0.993. The zero-order valence-electron chi connectivity index (χ0n) is 10.7. The first-order valence-electron chi connectivity index (χ1n) is 6.49. The maximum Gasteiger partial charge on any atom is 0.328 e. The zero-order chi connectivity index (χ0) is 13.1. The Morgan fingerprint density at radius 1 is 1.22 bits per heavy atom. The van der Waals surface area contributed by atoms with Crippen LogP contribution >= 0.6 is 0 Å². The molecule has 1 N–H and O–H groups in total. The normalized spacial score (nSPS) is 29.2. The minimum atomic E-state index is -0.993. The number of carbonyl (C=O) groups excluding carboxylic acids is 1. The fourth-order valence-electron chi connectivity index (χ4n) is 2.58. The molecular formula is C12H20N2O4. The number of nitrogens with zero attached hydrogens (tertiary/aromatic N) is 2. The molecule has 2 atom stereocenters. The molecule has 2 amide bonds. The van der Waals surface area contributed by atoms with E-state index in [9.17, 15) is 9.59 Å². The second-order valence-electron chi connectivity index (χ2n) is 4.94. The summed E-state index contributed by atoms with van der Waals surface area (Å²) in [6.45, 7) is 3.61. The summed E-state index contributed by atoms with van der Waals surface area (Å²) >= 11 is 0. The molecule has 2 saturated heterocycles. The van der Waals surface area contributed by atoms with Gasteiger partial charge in [-0.15, -0.1) is 0 Å². The van der Waals surface area contributed by atoms with Crippen LogP contribution in [-0.2, 0) is 9.53 Å². The molecule has 0 aromatic heterocycles. The molecule has 0 aromatic carbocycles. The molecule has 0 saturated carbocycles. The number of carboxylic acids is 1. The van der Waals surface area contributed by atoms with Crippen molar-refractivity contribution in [2.45, 2.75) is 38.3 Å². The minimum absolute atomic E-state index is 0.0866. The van der Waals surface area contributed by atoms with Gasteiger partial charge in [-0.2, -0.15) is 0 Å². The summed E-state index contributed by atoms with van der Waals surface area (Å²) in [4.78, 5) is 26.8. The second kappa shape index (κ2) is 5.56. The van der Waals surface area contributed by atoms with Crippen molar-refractivity contribution < 1.29 is 19.4 Å². The van der Waals surface area contributed by atoms with Crippen LogP contribution in [0, 0.1) is 0 Å². The van der Waals surface area contributed by atoms with Gasteiger partial charge >= 0.3 is 12.0 Å². The highest BCUT2D eigenvalue weighted by Crippen LogP contribution is 2.20. The lowest BCUT2D eigenvalue weighted by Crippen LogP contribution is -2.58. The maximum atomic E-state index is 12.4. The number of ether oxygens (including phenoxy) is 1. The van der Waals surface area contributed by atoms with Crippen LogP contribution in [0.15, 0.2) is 0 Å². The Hall–Kier alpha value is -1.30. The maximum absolute atomic E-state index is 12.4. The van der Waals surface area contributed by atoms with Crippen molar-refractivity contribution in [3.8, 4) is 0 Å². The van der Waals surface area contributed by atoms with E-state index in [2.05, 4.69) is 0 Å². The highest BCUT2D eigenvalue weighted by atomic mass is 16.5. The van der Waals surface area contributed by atoms with Crippen LogP contribution in [0.1, 0.15) is 26.2 Å². The van der Waals surface area contributed by atoms with E-state index in [1.54, 1.807) is 4.90 Å². The smallest absolute Gasteiger partial charge is 0.328 e. The average molecular weight is 256 g/mol. The number of aliphatic carboxylic acids is 1. The lowest BCUT2D eigenvalue weighted by Gasteiger charge is -2.40. The van der Waals surface area contributed by atoms with Crippen molar-refractivity contribution in [3.63, 3.8) is 0 Å². The number of amides is 2. The zero-order valence-corrected chi connectivity index (χ0v) is 10.7. The number of likely N-dealkylation sites (tertiary alicyclic amines) is 1. The lowest BCUT2D eigenvalue weighted by atomic mass is 10.0. The Labute approximate surface area is 106 Å². The molecule has 2 heterocycles. The van der Waals surface area contributed by atoms with E-state index in [0.29, 0.717) is 13.2 Å². The van der Waals surface area contributed by atoms with Gasteiger partial charge in [0.1, 0.15) is 0 Å². The van der Waals surface area contributed by atoms with Gasteiger partial charge in [-0.05, 0) is 26.2 Å². The molecule has 102 valence electrons. The van der Waals surface area contributed by atoms with E-state index >= 15 is 0 Å². The molecule has 0 aromatic rings. The monoisotopic (exact) mass is 256 g/mol. The van der Waals surface area contributed by atoms with E-state index < -0.39 is 12.0 Å². The molecule has 0 aliphatic carbocycles. The number of urea groups is 1. The van der Waals surface area contributed by atoms with Crippen LogP contribution in [0.3, 0.4) is 0 Å². The van der Waals surface area contributed by atoms with Crippen LogP contribution in [0.25, 0.3) is 0 Å². The molecule has 0 bridgehead atoms. The molecule has 6 nitrogen and oxygen atoms in total. The third kappa shape index (κ3) is 2.58. The number of rotatable bonds is 1. The Bertz CT molecular complexity index is 334. The molecule has 18 heavy (non-hydrogen) atoms. The minimum Gasteiger partial charge on any atom is -0.480 e. The fraction of sp³-hybridized carbons (Fsp3) is 0.833. The quantitative estimate of drug-likeness (QED) is 0.752. The van der Waals surface area contributed by atoms with Crippen LogP contribution < -0.4 is 0 Å². The molecule has 2 aliphatic heterocycles. The van der Waals surface area contributed by atoms with Gasteiger partial charge in [0.05, 0.1) is 13.2 Å². The van der Waals surface area contributed by atoms with E-state index in [-0.39, 0.29) is 18.7 Å². The number of carbonyl (C=O) groups is 2. The predicted molar refractivity (Wildman–Crippen MR) is 64.4 cm³/mol. The van der Waals surface area contributed by atoms with E-state index in [1.165, 1.54) is 4.90 Å². The first kappa shape index (κ1) is 13.1. The predicted octanol–water partition coefficient (Wildman–Crippen LogP) is 0.766. The third-order valence-electron chi connectivity index (χ3n) is 3.71. The van der Waals surface area contributed by atoms with Crippen molar-refractivity contribution in [1.29, 1.82) is 0 Å². The van der Waals surface area contributed by atoms with Gasteiger partial charge in [0.25, 0.3) is 0 Å². The van der Waals surface area contributed by atoms with E-state index in [0.717, 1.165) is 25.8 Å². The van der Waals surface area contributed by atoms with Gasteiger partial charge in [-0.3, -0.25) is 0 Å². The summed E-state index contributed by atoms with van der Waals surface area (Å²) in [5, 5.41) is 9.13. The SMILES string of the molecule is CC1CCCCN1C(=O)N1CCOCC1C(=O)O. The van der Waals surface area contributed by atoms with Gasteiger partial charge in [0, 0.05) is 19.1 Å². The molecule has 2 unspecified atom stereocenters. The first-order chi connectivity index (χ1) is 8.61. The van der Waals surface area contributed by atoms with Crippen molar-refractivity contribution in [2.75, 3.05) is 26.3 Å². The molecule has 2 fully saturated rings. The van der Waals surface area contributed by atoms with E-state index in [1.807, 2.05) is 6.92 Å². The van der Waals surface area contributed by atoms with Gasteiger partial charge in [-0.1, -0.05) is 0 Å². The van der Waals surface area contributed by atoms with Crippen LogP contribution in [-0.4, -0.2) is 65.3 Å². The largest absolute Gasteiger partial charge is 0.480 e. The van der Waals surface area contributed by atoms with Crippen molar-refractivity contribution in [2.24, 2.45) is 0 Å². The standard InChI is InChI=1S/C12H20N2O4/c1-9-4-2-3-5-13(9)12(17)14-6-7-18-8-10(14)11(15)16/h9-10H,2-8H2,1H3,(H,15,16). The first-order valence-corrected chi connectivity index (χ1v) is 6.49. The average Bonchev–Trinajstić information content (AvgIpc) is 2.38. The van der Waals surface area contributed by atoms with Gasteiger partial charge in [0.2, 0.25) is 0 Å². The Morgan fingerprint density at radius 3 is 2.67 bits per heavy atom. The fourth-order valence-corrected chi connectivity index (χ4v) is 2.58. The number of hydrogen-bond donors (Lipinski definition) is 1. The Morgan fingerprint density at radius 2 is 2.00 bits per heavy atom. The van der Waals surface area contributed by atoms with Crippen molar-refractivity contribution in [1.82, 2.24) is 9.80 Å². The molecule has 2 rings (SSSR count). The van der Waals surface area contributed by atoms with Gasteiger partial charge < -0.3 is 19.6 Å². The van der Waals surface area contributed by atoms with Crippen LogP contribution in [0.4, 0.5) is 4.79 Å². The van der Waals surface area contributed by atoms with Crippen molar-refractivity contribution in [3.05, 3.63) is 0 Å². The summed E-state index contributed by atoms with van der Waals surface area (Å²) in [7, 11) is 0. The molecular weight excluding hydrogens is 236 g/mol. The number of carboxylic acid groups (broad SMARTS) is 1. The topological polar surface area (TPSA) is 70.1 Å². The van der Waals surface area contributed by atoms with Crippen LogP contribution in [0.2, 0.25) is 0 Å². The van der Waals surface area contributed by atoms with Gasteiger partial charge in [0.15, 0.2) is 6.04 Å². The molecule has 2 aliphatic rings. The third-order valence-corrected chi connectivity index (χ3v) is 3.71. The number of morpholine rings is 1. The summed E-state index contributed by atoms with van der Waals surface area (Å²) < 4.78 is 5.14. The highest BCUT2D eigenvalue weighted by Gasteiger charge is 2.36. The van der Waals surface area contributed by atoms with Crippen molar-refractivity contribution >= 4 is 12.0 Å². The van der Waals surface area contributed by atoms with Crippen LogP contribution in [0.5, 0.6) is 0 Å². The molecule has 0 spiro atoms. The molecule has 0 radical (unpaired) electrons. The Kier molecular flexibility index (Phi) is 4.06. The van der Waals surface area contributed by atoms with Gasteiger partial charge in [-0.25, -0.2) is 9.59 Å².